The van der Waals surface area contributed by atoms with E-state index in [0.717, 1.165) is 40.1 Å². The number of rotatable bonds is 4. The van der Waals surface area contributed by atoms with E-state index < -0.39 is 53.7 Å². The van der Waals surface area contributed by atoms with Gasteiger partial charge in [-0.2, -0.15) is 0 Å². The highest BCUT2D eigenvalue weighted by molar-refractivity contribution is 7.94. The first-order valence-electron chi connectivity index (χ1n) is 10.3. The van der Waals surface area contributed by atoms with E-state index in [1.165, 1.54) is 6.07 Å². The van der Waals surface area contributed by atoms with Crippen LogP contribution in [0.2, 0.25) is 10.0 Å². The first-order chi connectivity index (χ1) is 17.0. The van der Waals surface area contributed by atoms with Crippen LogP contribution in [0.4, 0.5) is 21.5 Å². The van der Waals surface area contributed by atoms with Crippen LogP contribution in [0.25, 0.3) is 0 Å². The molecule has 1 spiro atoms. The second-order valence-electron chi connectivity index (χ2n) is 8.21. The lowest BCUT2D eigenvalue weighted by atomic mass is 10.0. The summed E-state index contributed by atoms with van der Waals surface area (Å²) in [5, 5.41) is 11.5. The van der Waals surface area contributed by atoms with Crippen LogP contribution in [0.15, 0.2) is 60.7 Å². The van der Waals surface area contributed by atoms with Gasteiger partial charge in [0, 0.05) is 28.4 Å². The first kappa shape index (κ1) is 24.2. The molecule has 9 nitrogen and oxygen atoms in total. The number of fused-ring (bicyclic) bond motifs is 2. The largest absolute Gasteiger partial charge is 0.304 e. The minimum absolute atomic E-state index is 0.0714. The van der Waals surface area contributed by atoms with Gasteiger partial charge in [-0.3, -0.25) is 24.6 Å². The van der Waals surface area contributed by atoms with Gasteiger partial charge < -0.3 is 4.90 Å². The summed E-state index contributed by atoms with van der Waals surface area (Å²) in [5.41, 5.74) is -0.257. The molecule has 0 aromatic heterocycles. The Balaban J connectivity index is 1.80. The second kappa shape index (κ2) is 8.26. The van der Waals surface area contributed by atoms with Crippen LogP contribution in [-0.2, 0) is 30.8 Å². The third kappa shape index (κ3) is 3.38. The predicted octanol–water partition coefficient (Wildman–Crippen LogP) is 4.20. The van der Waals surface area contributed by atoms with Gasteiger partial charge in [-0.25, -0.2) is 12.8 Å². The Hall–Kier alpha value is -3.54. The van der Waals surface area contributed by atoms with Crippen LogP contribution < -0.4 is 9.80 Å². The molecule has 0 N–H and O–H groups in total. The SMILES string of the molecule is O=C1CS(=O)(=O)C2(C(=O)N(Cc3cccc(Cl)c3)c3ccc([N+](=O)[O-])cc32)N1c1ccc(F)c(Cl)c1. The highest BCUT2D eigenvalue weighted by atomic mass is 35.5. The smallest absolute Gasteiger partial charge is 0.274 e. The van der Waals surface area contributed by atoms with Gasteiger partial charge in [0.05, 0.1) is 22.2 Å². The molecule has 0 bridgehead atoms. The van der Waals surface area contributed by atoms with Crippen LogP contribution in [0.3, 0.4) is 0 Å². The molecule has 36 heavy (non-hydrogen) atoms. The number of carbonyl (C=O) groups is 2. The summed E-state index contributed by atoms with van der Waals surface area (Å²) < 4.78 is 41.1. The highest BCUT2D eigenvalue weighted by Crippen LogP contribution is 2.54. The summed E-state index contributed by atoms with van der Waals surface area (Å²) in [6.45, 7) is -0.131. The Kier molecular flexibility index (Phi) is 5.54. The number of halogens is 3. The Labute approximate surface area is 213 Å². The van der Waals surface area contributed by atoms with Gasteiger partial charge in [0.25, 0.3) is 16.5 Å². The van der Waals surface area contributed by atoms with Gasteiger partial charge in [0.2, 0.25) is 5.91 Å². The minimum atomic E-state index is -4.59. The van der Waals surface area contributed by atoms with E-state index in [1.807, 2.05) is 0 Å². The number of hydrogen-bond acceptors (Lipinski definition) is 6. The number of non-ortho nitro benzene ring substituents is 1. The molecular weight excluding hydrogens is 536 g/mol. The molecule has 184 valence electrons. The number of hydrogen-bond donors (Lipinski definition) is 0. The number of nitro groups is 1. The maximum Gasteiger partial charge on any atom is 0.274 e. The Morgan fingerprint density at radius 2 is 1.81 bits per heavy atom. The van der Waals surface area contributed by atoms with Crippen molar-refractivity contribution in [2.75, 3.05) is 15.6 Å². The van der Waals surface area contributed by atoms with E-state index in [1.54, 1.807) is 24.3 Å². The zero-order valence-electron chi connectivity index (χ0n) is 18.0. The van der Waals surface area contributed by atoms with Crippen LogP contribution in [0.5, 0.6) is 0 Å². The van der Waals surface area contributed by atoms with Crippen molar-refractivity contribution < 1.29 is 27.3 Å². The van der Waals surface area contributed by atoms with Crippen molar-refractivity contribution >= 4 is 61.9 Å². The molecule has 0 saturated carbocycles. The molecule has 1 fully saturated rings. The fourth-order valence-electron chi connectivity index (χ4n) is 4.64. The van der Waals surface area contributed by atoms with E-state index in [2.05, 4.69) is 0 Å². The lowest BCUT2D eigenvalue weighted by molar-refractivity contribution is -0.384. The van der Waals surface area contributed by atoms with Crippen molar-refractivity contribution in [3.05, 3.63) is 97.8 Å². The number of benzene rings is 3. The fourth-order valence-corrected chi connectivity index (χ4v) is 7.05. The van der Waals surface area contributed by atoms with Crippen molar-refractivity contribution in [2.24, 2.45) is 0 Å². The van der Waals surface area contributed by atoms with Gasteiger partial charge in [-0.15, -0.1) is 0 Å². The average Bonchev–Trinajstić information content (AvgIpc) is 3.18. The van der Waals surface area contributed by atoms with E-state index in [9.17, 15) is 32.5 Å². The second-order valence-corrected chi connectivity index (χ2v) is 11.2. The molecule has 1 saturated heterocycles. The Morgan fingerprint density at radius 1 is 1.06 bits per heavy atom. The molecule has 1 atom stereocenters. The number of anilines is 2. The molecule has 2 heterocycles. The number of amides is 2. The van der Waals surface area contributed by atoms with E-state index >= 15 is 0 Å². The summed E-state index contributed by atoms with van der Waals surface area (Å²) in [7, 11) is -4.59. The highest BCUT2D eigenvalue weighted by Gasteiger charge is 2.70. The maximum absolute atomic E-state index is 14.1. The first-order valence-corrected chi connectivity index (χ1v) is 12.7. The van der Waals surface area contributed by atoms with Crippen molar-refractivity contribution in [1.29, 1.82) is 0 Å². The van der Waals surface area contributed by atoms with Crippen molar-refractivity contribution in [2.45, 2.75) is 11.4 Å². The van der Waals surface area contributed by atoms with Crippen molar-refractivity contribution in [3.63, 3.8) is 0 Å². The van der Waals surface area contributed by atoms with Gasteiger partial charge in [-0.05, 0) is 42.0 Å². The Morgan fingerprint density at radius 3 is 2.47 bits per heavy atom. The lowest BCUT2D eigenvalue weighted by Gasteiger charge is -2.32. The molecule has 1 unspecified atom stereocenters. The van der Waals surface area contributed by atoms with Gasteiger partial charge in [-0.1, -0.05) is 35.3 Å². The predicted molar refractivity (Wildman–Crippen MR) is 130 cm³/mol. The molecule has 2 aliphatic heterocycles. The van der Waals surface area contributed by atoms with Crippen LogP contribution >= 0.6 is 23.2 Å². The summed E-state index contributed by atoms with van der Waals surface area (Å²) >= 11 is 12.0. The molecule has 2 aliphatic rings. The molecule has 0 aliphatic carbocycles. The molecule has 3 aromatic rings. The molecule has 0 radical (unpaired) electrons. The molecule has 13 heteroatoms. The summed E-state index contributed by atoms with van der Waals surface area (Å²) in [4.78, 5) is 37.3. The zero-order valence-corrected chi connectivity index (χ0v) is 20.3. The molecule has 2 amide bonds. The number of carbonyl (C=O) groups excluding carboxylic acids is 2. The molecule has 3 aromatic carbocycles. The van der Waals surface area contributed by atoms with Crippen LogP contribution in [0.1, 0.15) is 11.1 Å². The summed E-state index contributed by atoms with van der Waals surface area (Å²) in [6.07, 6.45) is 0. The summed E-state index contributed by atoms with van der Waals surface area (Å²) in [6, 6.07) is 13.0. The molecule has 5 rings (SSSR count). The summed E-state index contributed by atoms with van der Waals surface area (Å²) in [5.74, 6) is -3.83. The van der Waals surface area contributed by atoms with Crippen molar-refractivity contribution in [3.8, 4) is 0 Å². The quantitative estimate of drug-likeness (QED) is 0.355. The number of nitrogens with zero attached hydrogens (tertiary/aromatic N) is 3. The van der Waals surface area contributed by atoms with Crippen molar-refractivity contribution in [1.82, 2.24) is 0 Å². The number of nitro benzene ring substituents is 1. The average molecular weight is 550 g/mol. The standard InChI is InChI=1S/C23H14Cl2FN3O6S/c24-14-3-1-2-13(8-14)11-27-20-7-5-16(29(32)33)9-17(20)23(22(27)31)28(21(30)12-36(23,34)35)15-4-6-19(26)18(25)10-15/h1-10H,11-12H2. The topological polar surface area (TPSA) is 118 Å². The van der Waals surface area contributed by atoms with Crippen LogP contribution in [0, 0.1) is 15.9 Å². The zero-order chi connectivity index (χ0) is 26.0. The monoisotopic (exact) mass is 549 g/mol. The van der Waals surface area contributed by atoms with E-state index in [4.69, 9.17) is 23.2 Å². The molecular formula is C23H14Cl2FN3O6S. The fraction of sp³-hybridized carbons (Fsp3) is 0.130. The number of sulfone groups is 1. The van der Waals surface area contributed by atoms with Gasteiger partial charge in [0.1, 0.15) is 11.6 Å². The van der Waals surface area contributed by atoms with Crippen LogP contribution in [-0.4, -0.2) is 30.9 Å². The lowest BCUT2D eigenvalue weighted by Crippen LogP contribution is -2.54. The normalized spacial score (nSPS) is 20.3. The Bertz CT molecular complexity index is 1600. The third-order valence-electron chi connectivity index (χ3n) is 6.10. The minimum Gasteiger partial charge on any atom is -0.304 e. The third-order valence-corrected chi connectivity index (χ3v) is 8.73. The van der Waals surface area contributed by atoms with Gasteiger partial charge in [0.15, 0.2) is 9.84 Å². The van der Waals surface area contributed by atoms with E-state index in [-0.39, 0.29) is 23.5 Å². The van der Waals surface area contributed by atoms with E-state index in [0.29, 0.717) is 10.6 Å². The van der Waals surface area contributed by atoms with Gasteiger partial charge >= 0.3 is 0 Å². The maximum atomic E-state index is 14.1.